The number of hydrogen-bond acceptors (Lipinski definition) is 2. The monoisotopic (exact) mass is 333 g/mol. The summed E-state index contributed by atoms with van der Waals surface area (Å²) in [4.78, 5) is 22.6. The van der Waals surface area contributed by atoms with Gasteiger partial charge in [-0.1, -0.05) is 13.8 Å². The minimum absolute atomic E-state index is 0. The first kappa shape index (κ1) is 17.6. The van der Waals surface area contributed by atoms with Crippen molar-refractivity contribution in [3.8, 4) is 0 Å². The number of aromatic nitrogens is 2. The number of hydrogen-bond donors (Lipinski definition) is 2. The third kappa shape index (κ3) is 5.87. The molecule has 0 aliphatic heterocycles. The predicted octanol–water partition coefficient (Wildman–Crippen LogP) is -3.07. The summed E-state index contributed by atoms with van der Waals surface area (Å²) in [5, 5.41) is 11.5. The molecule has 1 unspecified atom stereocenters. The van der Waals surface area contributed by atoms with Crippen LogP contribution in [0.5, 0.6) is 0 Å². The standard InChI is InChI=1S/C12H19N3O3.BrH/c1-9(2)11(12(17)18)13-10(16)4-5-15-7-6-14(3)8-15;/h6-9,11H,4-5H2,1-3H3,(H-,13,16,17,18);1H. The summed E-state index contributed by atoms with van der Waals surface area (Å²) in [6, 6.07) is -0.821. The second kappa shape index (κ2) is 7.93. The molecule has 0 aromatic carbocycles. The van der Waals surface area contributed by atoms with Crippen molar-refractivity contribution in [3.63, 3.8) is 0 Å². The molecule has 0 aliphatic rings. The predicted molar refractivity (Wildman–Crippen MR) is 64.6 cm³/mol. The van der Waals surface area contributed by atoms with Crippen LogP contribution in [-0.2, 0) is 23.2 Å². The lowest BCUT2D eigenvalue weighted by Crippen LogP contribution is -3.00. The van der Waals surface area contributed by atoms with Crippen LogP contribution in [0.4, 0.5) is 0 Å². The average molecular weight is 334 g/mol. The van der Waals surface area contributed by atoms with Crippen LogP contribution in [0, 0.1) is 5.92 Å². The molecule has 1 rings (SSSR count). The lowest BCUT2D eigenvalue weighted by atomic mass is 10.0. The number of carbonyl (C=O) groups excluding carboxylic acids is 1. The Morgan fingerprint density at radius 2 is 2.05 bits per heavy atom. The highest BCUT2D eigenvalue weighted by Gasteiger charge is 2.23. The van der Waals surface area contributed by atoms with E-state index in [9.17, 15) is 9.59 Å². The van der Waals surface area contributed by atoms with Crippen molar-refractivity contribution in [1.82, 2.24) is 9.88 Å². The molecule has 7 heteroatoms. The van der Waals surface area contributed by atoms with Crippen molar-refractivity contribution in [1.29, 1.82) is 0 Å². The first-order valence-corrected chi connectivity index (χ1v) is 5.93. The molecular formula is C12H20BrN3O3. The number of rotatable bonds is 6. The van der Waals surface area contributed by atoms with Crippen LogP contribution in [0.25, 0.3) is 0 Å². The van der Waals surface area contributed by atoms with Crippen molar-refractivity contribution < 1.29 is 36.2 Å². The number of nitrogens with zero attached hydrogens (tertiary/aromatic N) is 2. The van der Waals surface area contributed by atoms with E-state index in [0.717, 1.165) is 0 Å². The van der Waals surface area contributed by atoms with Gasteiger partial charge in [-0.3, -0.25) is 4.79 Å². The Labute approximate surface area is 123 Å². The van der Waals surface area contributed by atoms with Crippen LogP contribution >= 0.6 is 0 Å². The molecule has 1 atom stereocenters. The third-order valence-corrected chi connectivity index (χ3v) is 2.67. The van der Waals surface area contributed by atoms with Gasteiger partial charge in [0, 0.05) is 0 Å². The van der Waals surface area contributed by atoms with Crippen LogP contribution in [-0.4, -0.2) is 27.6 Å². The second-order valence-electron chi connectivity index (χ2n) is 4.69. The van der Waals surface area contributed by atoms with Crippen molar-refractivity contribution in [3.05, 3.63) is 18.7 Å². The van der Waals surface area contributed by atoms with Crippen LogP contribution in [0.15, 0.2) is 18.7 Å². The molecule has 6 nitrogen and oxygen atoms in total. The van der Waals surface area contributed by atoms with Gasteiger partial charge in [-0.15, -0.1) is 0 Å². The van der Waals surface area contributed by atoms with Gasteiger partial charge in [0.05, 0.1) is 20.0 Å². The summed E-state index contributed by atoms with van der Waals surface area (Å²) >= 11 is 0. The van der Waals surface area contributed by atoms with Gasteiger partial charge >= 0.3 is 5.97 Å². The molecule has 0 aliphatic carbocycles. The Kier molecular flexibility index (Phi) is 7.36. The van der Waals surface area contributed by atoms with E-state index in [1.165, 1.54) is 0 Å². The van der Waals surface area contributed by atoms with Gasteiger partial charge in [0.15, 0.2) is 0 Å². The molecule has 0 radical (unpaired) electrons. The van der Waals surface area contributed by atoms with Gasteiger partial charge in [-0.2, -0.15) is 0 Å². The number of carbonyl (C=O) groups is 2. The fraction of sp³-hybridized carbons (Fsp3) is 0.583. The number of carboxylic acids is 1. The molecule has 1 heterocycles. The molecule has 0 saturated carbocycles. The van der Waals surface area contributed by atoms with Crippen molar-refractivity contribution >= 4 is 11.9 Å². The SMILES string of the molecule is CC(C)C(NC(=O)CCn1cc[n+](C)c1)C(=O)O.[Br-]. The first-order chi connectivity index (χ1) is 8.40. The zero-order chi connectivity index (χ0) is 13.7. The maximum Gasteiger partial charge on any atom is 0.326 e. The number of nitrogens with one attached hydrogen (secondary N) is 1. The lowest BCUT2D eigenvalue weighted by molar-refractivity contribution is -0.671. The molecule has 19 heavy (non-hydrogen) atoms. The van der Waals surface area contributed by atoms with E-state index in [2.05, 4.69) is 5.32 Å². The van der Waals surface area contributed by atoms with E-state index in [0.29, 0.717) is 6.54 Å². The normalized spacial score (nSPS) is 11.8. The first-order valence-electron chi connectivity index (χ1n) is 5.93. The van der Waals surface area contributed by atoms with E-state index in [1.807, 2.05) is 34.9 Å². The van der Waals surface area contributed by atoms with E-state index in [-0.39, 0.29) is 35.2 Å². The van der Waals surface area contributed by atoms with Gasteiger partial charge in [0.2, 0.25) is 12.2 Å². The van der Waals surface area contributed by atoms with Crippen LogP contribution in [0.2, 0.25) is 0 Å². The van der Waals surface area contributed by atoms with Crippen molar-refractivity contribution in [2.45, 2.75) is 32.9 Å². The van der Waals surface area contributed by atoms with Gasteiger partial charge in [-0.05, 0) is 5.92 Å². The quantitative estimate of drug-likeness (QED) is 0.543. The Balaban J connectivity index is 0.00000324. The second-order valence-corrected chi connectivity index (χ2v) is 4.69. The van der Waals surface area contributed by atoms with Gasteiger partial charge in [-0.25, -0.2) is 13.9 Å². The summed E-state index contributed by atoms with van der Waals surface area (Å²) in [5.41, 5.74) is 0. The average Bonchev–Trinajstić information content (AvgIpc) is 2.68. The lowest BCUT2D eigenvalue weighted by Gasteiger charge is -2.17. The van der Waals surface area contributed by atoms with Crippen LogP contribution < -0.4 is 26.9 Å². The molecule has 0 saturated heterocycles. The van der Waals surface area contributed by atoms with Crippen molar-refractivity contribution in [2.75, 3.05) is 0 Å². The van der Waals surface area contributed by atoms with E-state index in [1.54, 1.807) is 13.8 Å². The highest BCUT2D eigenvalue weighted by Crippen LogP contribution is 2.02. The summed E-state index contributed by atoms with van der Waals surface area (Å²) in [6.45, 7) is 4.08. The van der Waals surface area contributed by atoms with Crippen LogP contribution in [0.3, 0.4) is 0 Å². The summed E-state index contributed by atoms with van der Waals surface area (Å²) in [7, 11) is 1.90. The van der Waals surface area contributed by atoms with E-state index >= 15 is 0 Å². The summed E-state index contributed by atoms with van der Waals surface area (Å²) in [6.07, 6.45) is 5.88. The number of carboxylic acid groups (broad SMARTS) is 1. The fourth-order valence-corrected chi connectivity index (χ4v) is 1.62. The molecular weight excluding hydrogens is 314 g/mol. The molecule has 2 N–H and O–H groups in total. The minimum atomic E-state index is -0.995. The molecule has 1 amide bonds. The Hall–Kier alpha value is -1.37. The fourth-order valence-electron chi connectivity index (χ4n) is 1.62. The van der Waals surface area contributed by atoms with Gasteiger partial charge in [0.25, 0.3) is 0 Å². The Morgan fingerprint density at radius 1 is 1.42 bits per heavy atom. The maximum absolute atomic E-state index is 11.6. The van der Waals surface area contributed by atoms with E-state index in [4.69, 9.17) is 5.11 Å². The maximum atomic E-state index is 11.6. The molecule has 108 valence electrons. The number of aliphatic carboxylic acids is 1. The number of amides is 1. The number of imidazole rings is 1. The number of halogens is 1. The highest BCUT2D eigenvalue weighted by atomic mass is 79.9. The van der Waals surface area contributed by atoms with Crippen molar-refractivity contribution in [2.24, 2.45) is 13.0 Å². The zero-order valence-corrected chi connectivity index (χ0v) is 12.9. The topological polar surface area (TPSA) is 75.2 Å². The molecule has 1 aromatic heterocycles. The number of aryl methyl sites for hydroxylation is 2. The van der Waals surface area contributed by atoms with Crippen LogP contribution in [0.1, 0.15) is 20.3 Å². The summed E-state index contributed by atoms with van der Waals surface area (Å²) < 4.78 is 3.76. The largest absolute Gasteiger partial charge is 1.00 e. The minimum Gasteiger partial charge on any atom is -1.00 e. The Bertz CT molecular complexity index is 432. The molecule has 0 fully saturated rings. The Morgan fingerprint density at radius 3 is 2.47 bits per heavy atom. The third-order valence-electron chi connectivity index (χ3n) is 2.67. The van der Waals surface area contributed by atoms with Gasteiger partial charge in [0.1, 0.15) is 18.4 Å². The molecule has 1 aromatic rings. The summed E-state index contributed by atoms with van der Waals surface area (Å²) in [5.74, 6) is -1.37. The van der Waals surface area contributed by atoms with E-state index < -0.39 is 12.0 Å². The molecule has 0 spiro atoms. The molecule has 0 bridgehead atoms. The zero-order valence-electron chi connectivity index (χ0n) is 11.3. The smallest absolute Gasteiger partial charge is 0.326 e. The van der Waals surface area contributed by atoms with Gasteiger partial charge < -0.3 is 27.4 Å². The highest BCUT2D eigenvalue weighted by molar-refractivity contribution is 5.83.